The van der Waals surface area contributed by atoms with Crippen LogP contribution in [-0.2, 0) is 0 Å². The van der Waals surface area contributed by atoms with Gasteiger partial charge >= 0.3 is 0 Å². The maximum absolute atomic E-state index is 11.9. The zero-order chi connectivity index (χ0) is 5.98. The predicted molar refractivity (Wildman–Crippen MR) is 33.6 cm³/mol. The van der Waals surface area contributed by atoms with E-state index in [4.69, 9.17) is 0 Å². The first-order valence-electron chi connectivity index (χ1n) is 2.10. The van der Waals surface area contributed by atoms with E-state index in [2.05, 4.69) is 26.2 Å². The zero-order valence-electron chi connectivity index (χ0n) is 3.99. The summed E-state index contributed by atoms with van der Waals surface area (Å²) < 4.78 is 12.8. The minimum atomic E-state index is -0.520. The van der Waals surface area contributed by atoms with Gasteiger partial charge in [-0.25, -0.2) is 4.99 Å². The molecule has 0 atom stereocenters. The number of halogens is 2. The molecular formula is C4H4BrFN2. The number of amidine groups is 1. The summed E-state index contributed by atoms with van der Waals surface area (Å²) in [5.41, 5.74) is 0. The summed E-state index contributed by atoms with van der Waals surface area (Å²) >= 11 is 3.14. The van der Waals surface area contributed by atoms with Crippen molar-refractivity contribution in [1.82, 2.24) is 5.32 Å². The van der Waals surface area contributed by atoms with Crippen LogP contribution in [0, 0.1) is 0 Å². The number of hydrogen-bond acceptors (Lipinski definition) is 2. The molecule has 0 fully saturated rings. The van der Waals surface area contributed by atoms with E-state index >= 15 is 0 Å². The summed E-state index contributed by atoms with van der Waals surface area (Å²) in [5, 5.41) is 2.31. The first kappa shape index (κ1) is 5.75. The third-order valence-corrected chi connectivity index (χ3v) is 1.20. The molecule has 0 aromatic carbocycles. The number of rotatable bonds is 0. The van der Waals surface area contributed by atoms with E-state index in [0.29, 0.717) is 6.54 Å². The Bertz CT molecular complexity index is 134. The van der Waals surface area contributed by atoms with Crippen molar-refractivity contribution in [1.29, 1.82) is 0 Å². The molecule has 0 aromatic rings. The third-order valence-electron chi connectivity index (χ3n) is 0.717. The van der Waals surface area contributed by atoms with Crippen LogP contribution in [0.1, 0.15) is 0 Å². The van der Waals surface area contributed by atoms with Crippen LogP contribution in [0.3, 0.4) is 0 Å². The maximum atomic E-state index is 11.9. The van der Waals surface area contributed by atoms with E-state index in [-0.39, 0.29) is 0 Å². The molecule has 1 aliphatic rings. The van der Waals surface area contributed by atoms with Gasteiger partial charge in [0.1, 0.15) is 0 Å². The van der Waals surface area contributed by atoms with Crippen molar-refractivity contribution in [2.45, 2.75) is 0 Å². The molecule has 0 aliphatic carbocycles. The van der Waals surface area contributed by atoms with E-state index in [9.17, 15) is 4.39 Å². The van der Waals surface area contributed by atoms with Crippen LogP contribution in [0.5, 0.6) is 0 Å². The second kappa shape index (κ2) is 2.26. The largest absolute Gasteiger partial charge is 0.322 e. The van der Waals surface area contributed by atoms with Crippen LogP contribution in [0.25, 0.3) is 0 Å². The van der Waals surface area contributed by atoms with Crippen LogP contribution in [0.2, 0.25) is 0 Å². The average Bonchev–Trinajstić information content (AvgIpc) is 1.77. The quantitative estimate of drug-likeness (QED) is 0.554. The zero-order valence-corrected chi connectivity index (χ0v) is 5.57. The highest BCUT2D eigenvalue weighted by molar-refractivity contribution is 9.11. The smallest absolute Gasteiger partial charge is 0.282 e. The molecular weight excluding hydrogens is 175 g/mol. The van der Waals surface area contributed by atoms with Crippen LogP contribution < -0.4 is 5.32 Å². The fourth-order valence-electron chi connectivity index (χ4n) is 0.374. The summed E-state index contributed by atoms with van der Waals surface area (Å²) in [6.45, 7) is 0.402. The second-order valence-corrected chi connectivity index (χ2v) is 2.36. The summed E-state index contributed by atoms with van der Waals surface area (Å²) in [6, 6.07) is 0. The molecule has 44 valence electrons. The highest BCUT2D eigenvalue weighted by Gasteiger charge is 1.99. The lowest BCUT2D eigenvalue weighted by Gasteiger charge is -2.02. The maximum Gasteiger partial charge on any atom is 0.282 e. The summed E-state index contributed by atoms with van der Waals surface area (Å²) in [4.78, 5) is 3.43. The fourth-order valence-corrected chi connectivity index (χ4v) is 0.614. The molecule has 0 saturated heterocycles. The molecule has 4 heteroatoms. The number of nitrogens with one attached hydrogen (secondary N) is 1. The van der Waals surface area contributed by atoms with Crippen molar-refractivity contribution in [3.8, 4) is 0 Å². The highest BCUT2D eigenvalue weighted by atomic mass is 79.9. The van der Waals surface area contributed by atoms with Crippen LogP contribution in [0.4, 0.5) is 4.39 Å². The average molecular weight is 179 g/mol. The molecule has 0 amide bonds. The topological polar surface area (TPSA) is 24.4 Å². The summed E-state index contributed by atoms with van der Waals surface area (Å²) in [7, 11) is 0. The van der Waals surface area contributed by atoms with Gasteiger partial charge in [0.05, 0.1) is 6.54 Å². The lowest BCUT2D eigenvalue weighted by Crippen LogP contribution is -2.16. The van der Waals surface area contributed by atoms with E-state index in [1.54, 1.807) is 0 Å². The Morgan fingerprint density at radius 1 is 1.88 bits per heavy atom. The molecule has 0 saturated carbocycles. The first-order chi connectivity index (χ1) is 3.79. The molecule has 1 aliphatic heterocycles. The minimum Gasteiger partial charge on any atom is -0.322 e. The van der Waals surface area contributed by atoms with Gasteiger partial charge in [-0.15, -0.1) is 0 Å². The van der Waals surface area contributed by atoms with Gasteiger partial charge in [0.2, 0.25) is 0 Å². The molecule has 1 heterocycles. The van der Waals surface area contributed by atoms with E-state index in [1.165, 1.54) is 6.20 Å². The Morgan fingerprint density at radius 3 is 3.00 bits per heavy atom. The van der Waals surface area contributed by atoms with Gasteiger partial charge in [-0.3, -0.25) is 0 Å². The Kier molecular flexibility index (Phi) is 1.62. The SMILES string of the molecule is FC1=NCC(Br)=CN1. The molecule has 0 spiro atoms. The van der Waals surface area contributed by atoms with Gasteiger partial charge in [-0.05, 0) is 0 Å². The molecule has 0 aromatic heterocycles. The third kappa shape index (κ3) is 1.30. The van der Waals surface area contributed by atoms with Crippen molar-refractivity contribution >= 4 is 22.0 Å². The molecule has 0 unspecified atom stereocenters. The van der Waals surface area contributed by atoms with Crippen LogP contribution in [-0.4, -0.2) is 12.6 Å². The van der Waals surface area contributed by atoms with Crippen molar-refractivity contribution in [2.24, 2.45) is 4.99 Å². The molecule has 2 nitrogen and oxygen atoms in total. The molecule has 0 bridgehead atoms. The summed E-state index contributed by atoms with van der Waals surface area (Å²) in [5.74, 6) is 0. The molecule has 1 rings (SSSR count). The summed E-state index contributed by atoms with van der Waals surface area (Å²) in [6.07, 6.45) is 1.01. The van der Waals surface area contributed by atoms with Gasteiger partial charge in [0.25, 0.3) is 6.09 Å². The standard InChI is InChI=1S/C4H4BrFN2/c5-3-1-7-4(6)8-2-3/h1H,2H2,(H,7,8). The van der Waals surface area contributed by atoms with Gasteiger partial charge in [0, 0.05) is 10.7 Å². The number of hydrogen-bond donors (Lipinski definition) is 1. The van der Waals surface area contributed by atoms with Crippen molar-refractivity contribution in [2.75, 3.05) is 6.54 Å². The van der Waals surface area contributed by atoms with Crippen molar-refractivity contribution in [3.63, 3.8) is 0 Å². The Morgan fingerprint density at radius 2 is 2.62 bits per heavy atom. The monoisotopic (exact) mass is 178 g/mol. The lowest BCUT2D eigenvalue weighted by molar-refractivity contribution is 0.744. The van der Waals surface area contributed by atoms with E-state index < -0.39 is 6.09 Å². The number of nitrogens with zero attached hydrogens (tertiary/aromatic N) is 1. The van der Waals surface area contributed by atoms with Crippen LogP contribution >= 0.6 is 15.9 Å². The fraction of sp³-hybridized carbons (Fsp3) is 0.250. The minimum absolute atomic E-state index is 0.402. The van der Waals surface area contributed by atoms with Gasteiger partial charge in [-0.2, -0.15) is 4.39 Å². The lowest BCUT2D eigenvalue weighted by atomic mass is 10.6. The Balaban J connectivity index is 2.54. The van der Waals surface area contributed by atoms with Gasteiger partial charge in [0.15, 0.2) is 0 Å². The molecule has 8 heavy (non-hydrogen) atoms. The van der Waals surface area contributed by atoms with Gasteiger partial charge < -0.3 is 5.32 Å². The first-order valence-corrected chi connectivity index (χ1v) is 2.89. The number of aliphatic imine (C=N–C) groups is 1. The molecule has 1 N–H and O–H groups in total. The van der Waals surface area contributed by atoms with Crippen molar-refractivity contribution in [3.05, 3.63) is 10.7 Å². The Labute approximate surface area is 54.6 Å². The Hall–Kier alpha value is -0.380. The van der Waals surface area contributed by atoms with Crippen molar-refractivity contribution < 1.29 is 4.39 Å². The van der Waals surface area contributed by atoms with Gasteiger partial charge in [-0.1, -0.05) is 15.9 Å². The molecule has 0 radical (unpaired) electrons. The normalized spacial score (nSPS) is 18.8. The second-order valence-electron chi connectivity index (χ2n) is 1.34. The highest BCUT2D eigenvalue weighted by Crippen LogP contribution is 2.06. The van der Waals surface area contributed by atoms with E-state index in [1.807, 2.05) is 0 Å². The van der Waals surface area contributed by atoms with Crippen LogP contribution in [0.15, 0.2) is 15.7 Å². The predicted octanol–water partition coefficient (Wildman–Crippen LogP) is 1.15. The van der Waals surface area contributed by atoms with E-state index in [0.717, 1.165) is 4.48 Å².